The molecule has 3 saturated heterocycles. The van der Waals surface area contributed by atoms with E-state index in [2.05, 4.69) is 98.9 Å². The van der Waals surface area contributed by atoms with E-state index in [0.717, 1.165) is 19.6 Å². The molecular weight excluding hydrogens is 504 g/mol. The Bertz CT molecular complexity index is 1340. The number of fused-ring (bicyclic) bond motifs is 3. The average molecular weight is 539 g/mol. The number of imide groups is 1. The fourth-order valence-electron chi connectivity index (χ4n) is 7.26. The number of amides is 2. The number of likely N-dealkylation sites (tertiary alicyclic amines) is 2. The first-order valence-corrected chi connectivity index (χ1v) is 14.6. The normalized spacial score (nSPS) is 27.3. The summed E-state index contributed by atoms with van der Waals surface area (Å²) in [5, 5.41) is 2.37. The molecule has 3 aromatic rings. The van der Waals surface area contributed by atoms with Crippen LogP contribution < -0.4 is 5.32 Å². The number of carbonyl (C=O) groups is 2. The molecular formula is C32H34N4O2S. The molecule has 4 aliphatic rings. The molecule has 4 heterocycles. The van der Waals surface area contributed by atoms with Gasteiger partial charge in [-0.05, 0) is 40.7 Å². The first-order valence-electron chi connectivity index (χ1n) is 14.0. The second kappa shape index (κ2) is 10.2. The van der Waals surface area contributed by atoms with E-state index in [-0.39, 0.29) is 29.3 Å². The van der Waals surface area contributed by atoms with E-state index in [0.29, 0.717) is 31.5 Å². The quantitative estimate of drug-likeness (QED) is 0.363. The van der Waals surface area contributed by atoms with Crippen LogP contribution in [-0.4, -0.2) is 57.7 Å². The maximum Gasteiger partial charge on any atom is 0.243 e. The van der Waals surface area contributed by atoms with Crippen LogP contribution in [0.25, 0.3) is 0 Å². The molecule has 0 radical (unpaired) electrons. The number of nitrogens with zero attached hydrogens (tertiary/aromatic N) is 3. The number of benzene rings is 3. The van der Waals surface area contributed by atoms with Crippen molar-refractivity contribution in [2.75, 3.05) is 13.1 Å². The number of hydrogen-bond acceptors (Lipinski definition) is 6. The fourth-order valence-corrected chi connectivity index (χ4v) is 7.75. The lowest BCUT2D eigenvalue weighted by molar-refractivity contribution is -0.137. The minimum Gasteiger partial charge on any atom is -0.295 e. The van der Waals surface area contributed by atoms with E-state index in [1.807, 2.05) is 0 Å². The Morgan fingerprint density at radius 1 is 0.897 bits per heavy atom. The zero-order valence-electron chi connectivity index (χ0n) is 21.9. The van der Waals surface area contributed by atoms with Crippen molar-refractivity contribution < 1.29 is 9.59 Å². The summed E-state index contributed by atoms with van der Waals surface area (Å²) in [5.41, 5.74) is 6.47. The number of rotatable bonds is 6. The van der Waals surface area contributed by atoms with Gasteiger partial charge in [0, 0.05) is 44.7 Å². The molecule has 0 aromatic heterocycles. The summed E-state index contributed by atoms with van der Waals surface area (Å²) in [5.74, 6) is -0.372. The van der Waals surface area contributed by atoms with E-state index in [1.54, 1.807) is 0 Å². The standard InChI is InChI=1S/C32H34N4O2S/c37-29-14-13-28(31(38)33-29)36-18-24-15-21(11-12-27(24)32(36)39)17-34-19-26-16-25(34)20-35(26)30(22-7-3-1-4-8-22)23-9-5-2-6-10-23/h1-12,15,25-26,28,30,32,39H,13-14,16-20H2,(H,33,37,38)/t25-,26-,28?,32?/m1/s1. The van der Waals surface area contributed by atoms with Gasteiger partial charge in [0.25, 0.3) is 0 Å². The van der Waals surface area contributed by atoms with Crippen LogP contribution in [0, 0.1) is 0 Å². The van der Waals surface area contributed by atoms with Gasteiger partial charge in [0.2, 0.25) is 11.8 Å². The Hall–Kier alpha value is -2.97. The topological polar surface area (TPSA) is 55.9 Å². The van der Waals surface area contributed by atoms with Crippen molar-refractivity contribution >= 4 is 24.4 Å². The number of thiol groups is 1. The van der Waals surface area contributed by atoms with Gasteiger partial charge in [0.05, 0.1) is 17.5 Å². The van der Waals surface area contributed by atoms with E-state index in [9.17, 15) is 9.59 Å². The smallest absolute Gasteiger partial charge is 0.243 e. The van der Waals surface area contributed by atoms with Gasteiger partial charge in [-0.2, -0.15) is 12.6 Å². The van der Waals surface area contributed by atoms with E-state index in [1.165, 1.54) is 34.2 Å². The molecule has 39 heavy (non-hydrogen) atoms. The molecule has 7 heteroatoms. The fraction of sp³-hybridized carbons (Fsp3) is 0.375. The highest BCUT2D eigenvalue weighted by molar-refractivity contribution is 7.80. The van der Waals surface area contributed by atoms with Crippen LogP contribution in [-0.2, 0) is 22.7 Å². The van der Waals surface area contributed by atoms with Gasteiger partial charge in [-0.3, -0.25) is 29.6 Å². The highest BCUT2D eigenvalue weighted by Crippen LogP contribution is 2.42. The van der Waals surface area contributed by atoms with Gasteiger partial charge < -0.3 is 0 Å². The van der Waals surface area contributed by atoms with Crippen LogP contribution in [0.4, 0.5) is 0 Å². The molecule has 0 aliphatic carbocycles. The van der Waals surface area contributed by atoms with Crippen molar-refractivity contribution in [1.82, 2.24) is 20.0 Å². The largest absolute Gasteiger partial charge is 0.295 e. The number of carbonyl (C=O) groups excluding carboxylic acids is 2. The molecule has 3 fully saturated rings. The van der Waals surface area contributed by atoms with Crippen molar-refractivity contribution in [3.05, 3.63) is 107 Å². The lowest BCUT2D eigenvalue weighted by Gasteiger charge is -2.39. The molecule has 7 rings (SSSR count). The van der Waals surface area contributed by atoms with Crippen LogP contribution in [0.15, 0.2) is 78.9 Å². The van der Waals surface area contributed by atoms with Crippen LogP contribution in [0.3, 0.4) is 0 Å². The molecule has 2 unspecified atom stereocenters. The molecule has 4 aliphatic heterocycles. The summed E-state index contributed by atoms with van der Waals surface area (Å²) in [6.07, 6.45) is 2.16. The second-order valence-corrected chi connectivity index (χ2v) is 11.9. The summed E-state index contributed by atoms with van der Waals surface area (Å²) in [6.45, 7) is 3.79. The summed E-state index contributed by atoms with van der Waals surface area (Å²) in [4.78, 5) is 31.6. The first kappa shape index (κ1) is 25.0. The van der Waals surface area contributed by atoms with Crippen LogP contribution in [0.5, 0.6) is 0 Å². The maximum absolute atomic E-state index is 12.5. The summed E-state index contributed by atoms with van der Waals surface area (Å²) in [6, 6.07) is 29.7. The summed E-state index contributed by atoms with van der Waals surface area (Å²) < 4.78 is 0. The van der Waals surface area contributed by atoms with Crippen molar-refractivity contribution in [2.45, 2.75) is 61.9 Å². The molecule has 0 spiro atoms. The van der Waals surface area contributed by atoms with Gasteiger partial charge in [-0.1, -0.05) is 78.9 Å². The van der Waals surface area contributed by atoms with Crippen LogP contribution in [0.2, 0.25) is 0 Å². The number of piperidine rings is 1. The van der Waals surface area contributed by atoms with Gasteiger partial charge >= 0.3 is 0 Å². The third kappa shape index (κ3) is 4.61. The number of piperazine rings is 1. The van der Waals surface area contributed by atoms with E-state index >= 15 is 0 Å². The summed E-state index contributed by atoms with van der Waals surface area (Å²) in [7, 11) is 0. The number of nitrogens with one attached hydrogen (secondary N) is 1. The van der Waals surface area contributed by atoms with Crippen molar-refractivity contribution in [3.63, 3.8) is 0 Å². The Kier molecular flexibility index (Phi) is 6.55. The van der Waals surface area contributed by atoms with Crippen LogP contribution in [0.1, 0.15) is 58.5 Å². The molecule has 2 bridgehead atoms. The summed E-state index contributed by atoms with van der Waals surface area (Å²) >= 11 is 4.86. The Labute approximate surface area is 235 Å². The third-order valence-electron chi connectivity index (χ3n) is 9.11. The van der Waals surface area contributed by atoms with Crippen molar-refractivity contribution in [2.24, 2.45) is 0 Å². The zero-order chi connectivity index (χ0) is 26.5. The Morgan fingerprint density at radius 3 is 2.26 bits per heavy atom. The average Bonchev–Trinajstić information content (AvgIpc) is 3.63. The van der Waals surface area contributed by atoms with Gasteiger partial charge in [-0.15, -0.1) is 0 Å². The minimum absolute atomic E-state index is 0.123. The van der Waals surface area contributed by atoms with Crippen molar-refractivity contribution in [1.29, 1.82) is 0 Å². The molecule has 3 aromatic carbocycles. The molecule has 2 amide bonds. The predicted octanol–water partition coefficient (Wildman–Crippen LogP) is 4.28. The highest BCUT2D eigenvalue weighted by Gasteiger charge is 2.46. The monoisotopic (exact) mass is 538 g/mol. The van der Waals surface area contributed by atoms with Gasteiger partial charge in [0.15, 0.2) is 0 Å². The first-order chi connectivity index (χ1) is 19.0. The molecule has 0 saturated carbocycles. The molecule has 6 nitrogen and oxygen atoms in total. The maximum atomic E-state index is 12.5. The van der Waals surface area contributed by atoms with E-state index < -0.39 is 0 Å². The van der Waals surface area contributed by atoms with E-state index in [4.69, 9.17) is 12.6 Å². The Balaban J connectivity index is 1.05. The zero-order valence-corrected chi connectivity index (χ0v) is 22.8. The molecule has 4 atom stereocenters. The Morgan fingerprint density at radius 2 is 1.62 bits per heavy atom. The second-order valence-electron chi connectivity index (χ2n) is 11.4. The SMILES string of the molecule is O=C1CCC(N2Cc3cc(CN4C[C@H]5C[C@@H]4CN5C(c4ccccc4)c4ccccc4)ccc3C2S)C(=O)N1. The number of hydrogen-bond donors (Lipinski definition) is 2. The predicted molar refractivity (Wildman–Crippen MR) is 154 cm³/mol. The minimum atomic E-state index is -0.302. The molecule has 200 valence electrons. The lowest BCUT2D eigenvalue weighted by atomic mass is 9.96. The van der Waals surface area contributed by atoms with Gasteiger partial charge in [0.1, 0.15) is 0 Å². The van der Waals surface area contributed by atoms with Crippen molar-refractivity contribution in [3.8, 4) is 0 Å². The van der Waals surface area contributed by atoms with Gasteiger partial charge in [-0.25, -0.2) is 0 Å². The highest BCUT2D eigenvalue weighted by atomic mass is 32.1. The third-order valence-corrected chi connectivity index (χ3v) is 9.68. The van der Waals surface area contributed by atoms with Crippen LogP contribution >= 0.6 is 12.6 Å². The lowest BCUT2D eigenvalue weighted by Crippen LogP contribution is -2.51. The molecule has 1 N–H and O–H groups in total.